The molecular weight excluding hydrogens is 348 g/mol. The summed E-state index contributed by atoms with van der Waals surface area (Å²) in [5.41, 5.74) is 1.24. The fraction of sp³-hybridized carbons (Fsp3) is 0.640. The van der Waals surface area contributed by atoms with Gasteiger partial charge in [0.2, 0.25) is 0 Å². The fourth-order valence-electron chi connectivity index (χ4n) is 3.29. The molecule has 28 heavy (non-hydrogen) atoms. The summed E-state index contributed by atoms with van der Waals surface area (Å²) in [6.07, 6.45) is 18.9. The van der Waals surface area contributed by atoms with Crippen LogP contribution in [0.3, 0.4) is 0 Å². The number of carboxylic acid groups (broad SMARTS) is 1. The van der Waals surface area contributed by atoms with Crippen molar-refractivity contribution in [2.24, 2.45) is 0 Å². The number of aliphatic carboxylic acids is 1. The van der Waals surface area contributed by atoms with Crippen LogP contribution < -0.4 is 0 Å². The minimum atomic E-state index is -0.679. The van der Waals surface area contributed by atoms with Crippen molar-refractivity contribution in [2.75, 3.05) is 0 Å². The highest BCUT2D eigenvalue weighted by Crippen LogP contribution is 2.15. The Hall–Kier alpha value is -1.61. The Morgan fingerprint density at radius 1 is 0.964 bits per heavy atom. The molecule has 1 aromatic rings. The number of allylic oxidation sites excluding steroid dienone is 1. The SMILES string of the molecule is CCCCCCC(CC=CCCCCCCCC(=O)O)OCc1ccccc1. The molecule has 3 nitrogen and oxygen atoms in total. The molecule has 0 radical (unpaired) electrons. The van der Waals surface area contributed by atoms with E-state index in [1.165, 1.54) is 44.1 Å². The highest BCUT2D eigenvalue weighted by molar-refractivity contribution is 5.66. The topological polar surface area (TPSA) is 46.5 Å². The van der Waals surface area contributed by atoms with Crippen LogP contribution in [0.25, 0.3) is 0 Å². The lowest BCUT2D eigenvalue weighted by Crippen LogP contribution is -2.12. The third kappa shape index (κ3) is 14.4. The molecule has 0 aromatic heterocycles. The zero-order valence-electron chi connectivity index (χ0n) is 17.8. The maximum atomic E-state index is 10.5. The molecule has 0 saturated carbocycles. The molecule has 3 heteroatoms. The molecule has 0 aliphatic carbocycles. The summed E-state index contributed by atoms with van der Waals surface area (Å²) < 4.78 is 6.20. The van der Waals surface area contributed by atoms with Crippen molar-refractivity contribution in [3.8, 4) is 0 Å². The minimum absolute atomic E-state index is 0.308. The van der Waals surface area contributed by atoms with Gasteiger partial charge in [0.15, 0.2) is 0 Å². The van der Waals surface area contributed by atoms with Crippen LogP contribution in [0.1, 0.15) is 96.0 Å². The van der Waals surface area contributed by atoms with Gasteiger partial charge in [0.05, 0.1) is 12.7 Å². The number of rotatable bonds is 18. The van der Waals surface area contributed by atoms with E-state index < -0.39 is 5.97 Å². The number of benzene rings is 1. The van der Waals surface area contributed by atoms with Gasteiger partial charge >= 0.3 is 5.97 Å². The predicted molar refractivity (Wildman–Crippen MR) is 117 cm³/mol. The van der Waals surface area contributed by atoms with Gasteiger partial charge in [-0.2, -0.15) is 0 Å². The molecule has 1 N–H and O–H groups in total. The van der Waals surface area contributed by atoms with Gasteiger partial charge in [0.1, 0.15) is 0 Å². The number of unbranched alkanes of at least 4 members (excludes halogenated alkanes) is 8. The number of ether oxygens (including phenoxy) is 1. The first-order chi connectivity index (χ1) is 13.7. The van der Waals surface area contributed by atoms with Crippen molar-refractivity contribution in [3.63, 3.8) is 0 Å². The number of carboxylic acids is 1. The van der Waals surface area contributed by atoms with E-state index in [1.807, 2.05) is 6.07 Å². The van der Waals surface area contributed by atoms with E-state index in [0.29, 0.717) is 19.1 Å². The third-order valence-electron chi connectivity index (χ3n) is 5.04. The van der Waals surface area contributed by atoms with Crippen molar-refractivity contribution in [1.82, 2.24) is 0 Å². The Morgan fingerprint density at radius 3 is 2.43 bits per heavy atom. The van der Waals surface area contributed by atoms with Crippen molar-refractivity contribution in [3.05, 3.63) is 48.0 Å². The smallest absolute Gasteiger partial charge is 0.303 e. The van der Waals surface area contributed by atoms with Crippen molar-refractivity contribution >= 4 is 5.97 Å². The van der Waals surface area contributed by atoms with Gasteiger partial charge in [0, 0.05) is 6.42 Å². The average Bonchev–Trinajstić information content (AvgIpc) is 2.70. The maximum absolute atomic E-state index is 10.5. The zero-order chi connectivity index (χ0) is 20.3. The van der Waals surface area contributed by atoms with Crippen LogP contribution in [0.4, 0.5) is 0 Å². The Bertz CT molecular complexity index is 510. The lowest BCUT2D eigenvalue weighted by molar-refractivity contribution is -0.137. The summed E-state index contributed by atoms with van der Waals surface area (Å²) in [4.78, 5) is 10.5. The van der Waals surface area contributed by atoms with E-state index in [1.54, 1.807) is 0 Å². The summed E-state index contributed by atoms with van der Waals surface area (Å²) in [7, 11) is 0. The molecule has 158 valence electrons. The standard InChI is InChI=1S/C25H40O3/c1-2-3-4-14-19-24(28-22-23-17-12-11-13-18-23)20-15-9-7-5-6-8-10-16-21-25(26)27/h9,11-13,15,17-18,24H,2-8,10,14,16,19-22H2,1H3,(H,26,27). The summed E-state index contributed by atoms with van der Waals surface area (Å²) >= 11 is 0. The van der Waals surface area contributed by atoms with E-state index in [0.717, 1.165) is 38.5 Å². The monoisotopic (exact) mass is 388 g/mol. The molecule has 0 saturated heterocycles. The predicted octanol–water partition coefficient (Wildman–Crippen LogP) is 7.30. The molecule has 0 aliphatic heterocycles. The van der Waals surface area contributed by atoms with Gasteiger partial charge in [-0.15, -0.1) is 0 Å². The average molecular weight is 389 g/mol. The molecular formula is C25H40O3. The van der Waals surface area contributed by atoms with Crippen LogP contribution in [0.15, 0.2) is 42.5 Å². The second kappa shape index (κ2) is 17.5. The largest absolute Gasteiger partial charge is 0.481 e. The normalized spacial score (nSPS) is 12.5. The highest BCUT2D eigenvalue weighted by Gasteiger charge is 2.07. The number of hydrogen-bond acceptors (Lipinski definition) is 2. The van der Waals surface area contributed by atoms with Gasteiger partial charge < -0.3 is 9.84 Å². The molecule has 1 atom stereocenters. The van der Waals surface area contributed by atoms with E-state index in [2.05, 4.69) is 43.3 Å². The molecule has 0 aliphatic rings. The van der Waals surface area contributed by atoms with Crippen LogP contribution in [0.5, 0.6) is 0 Å². The maximum Gasteiger partial charge on any atom is 0.303 e. The van der Waals surface area contributed by atoms with Crippen LogP contribution >= 0.6 is 0 Å². The van der Waals surface area contributed by atoms with Crippen LogP contribution in [0.2, 0.25) is 0 Å². The van der Waals surface area contributed by atoms with Gasteiger partial charge in [-0.05, 0) is 37.7 Å². The van der Waals surface area contributed by atoms with Gasteiger partial charge in [-0.25, -0.2) is 0 Å². The van der Waals surface area contributed by atoms with Gasteiger partial charge in [-0.1, -0.05) is 94.4 Å². The summed E-state index contributed by atoms with van der Waals surface area (Å²) in [6, 6.07) is 10.4. The van der Waals surface area contributed by atoms with Crippen molar-refractivity contribution in [2.45, 2.75) is 103 Å². The lowest BCUT2D eigenvalue weighted by atomic mass is 10.1. The second-order valence-electron chi connectivity index (χ2n) is 7.68. The van der Waals surface area contributed by atoms with E-state index in [4.69, 9.17) is 9.84 Å². The van der Waals surface area contributed by atoms with Gasteiger partial charge in [0.25, 0.3) is 0 Å². The zero-order valence-corrected chi connectivity index (χ0v) is 17.8. The molecule has 0 bridgehead atoms. The van der Waals surface area contributed by atoms with Crippen molar-refractivity contribution in [1.29, 1.82) is 0 Å². The summed E-state index contributed by atoms with van der Waals surface area (Å²) in [5.74, 6) is -0.679. The third-order valence-corrected chi connectivity index (χ3v) is 5.04. The summed E-state index contributed by atoms with van der Waals surface area (Å²) in [5, 5.41) is 8.62. The Morgan fingerprint density at radius 2 is 1.68 bits per heavy atom. The molecule has 0 amide bonds. The molecule has 1 rings (SSSR count). The van der Waals surface area contributed by atoms with Crippen LogP contribution in [0, 0.1) is 0 Å². The summed E-state index contributed by atoms with van der Waals surface area (Å²) in [6.45, 7) is 2.95. The van der Waals surface area contributed by atoms with Crippen LogP contribution in [-0.4, -0.2) is 17.2 Å². The Balaban J connectivity index is 2.19. The molecule has 0 spiro atoms. The minimum Gasteiger partial charge on any atom is -0.481 e. The molecule has 1 aromatic carbocycles. The van der Waals surface area contributed by atoms with Gasteiger partial charge in [-0.3, -0.25) is 4.79 Å². The Labute approximate surface area is 172 Å². The Kier molecular flexibility index (Phi) is 15.3. The first kappa shape index (κ1) is 24.4. The first-order valence-corrected chi connectivity index (χ1v) is 11.2. The van der Waals surface area contributed by atoms with E-state index >= 15 is 0 Å². The van der Waals surface area contributed by atoms with Crippen molar-refractivity contribution < 1.29 is 14.6 Å². The van der Waals surface area contributed by atoms with Crippen LogP contribution in [-0.2, 0) is 16.1 Å². The second-order valence-corrected chi connectivity index (χ2v) is 7.68. The molecule has 0 fully saturated rings. The molecule has 1 unspecified atom stereocenters. The quantitative estimate of drug-likeness (QED) is 0.212. The fourth-order valence-corrected chi connectivity index (χ4v) is 3.29. The first-order valence-electron chi connectivity index (χ1n) is 11.2. The number of hydrogen-bond donors (Lipinski definition) is 1. The highest BCUT2D eigenvalue weighted by atomic mass is 16.5. The molecule has 0 heterocycles. The lowest BCUT2D eigenvalue weighted by Gasteiger charge is -2.16. The van der Waals surface area contributed by atoms with E-state index in [9.17, 15) is 4.79 Å². The van der Waals surface area contributed by atoms with E-state index in [-0.39, 0.29) is 0 Å². The number of carbonyl (C=O) groups is 1.